The molecule has 0 atom stereocenters. The number of nitrogens with two attached hydrogens (primary N) is 2. The molecular formula is C18H26N2O2. The molecule has 0 aliphatic carbocycles. The van der Waals surface area contributed by atoms with Crippen LogP contribution in [0.1, 0.15) is 11.1 Å². The Balaban J connectivity index is 0.000000220. The summed E-state index contributed by atoms with van der Waals surface area (Å²) in [4.78, 5) is 0. The van der Waals surface area contributed by atoms with E-state index in [1.165, 1.54) is 11.1 Å². The van der Waals surface area contributed by atoms with Crippen LogP contribution in [0.2, 0.25) is 0 Å². The fourth-order valence-corrected chi connectivity index (χ4v) is 2.06. The third-order valence-electron chi connectivity index (χ3n) is 3.17. The van der Waals surface area contributed by atoms with Gasteiger partial charge in [-0.25, -0.2) is 0 Å². The first-order chi connectivity index (χ1) is 10.7. The van der Waals surface area contributed by atoms with Gasteiger partial charge in [-0.3, -0.25) is 0 Å². The Bertz CT molecular complexity index is 544. The molecule has 0 heterocycles. The first-order valence-corrected chi connectivity index (χ1v) is 7.40. The molecule has 0 aliphatic heterocycles. The van der Waals surface area contributed by atoms with Crippen molar-refractivity contribution in [2.75, 3.05) is 27.3 Å². The Hall–Kier alpha value is -2.04. The maximum Gasteiger partial charge on any atom is 0.122 e. The van der Waals surface area contributed by atoms with Gasteiger partial charge in [-0.2, -0.15) is 0 Å². The second-order valence-electron chi connectivity index (χ2n) is 4.74. The van der Waals surface area contributed by atoms with Crippen LogP contribution >= 0.6 is 0 Å². The molecule has 0 spiro atoms. The Morgan fingerprint density at radius 2 is 1.55 bits per heavy atom. The fourth-order valence-electron chi connectivity index (χ4n) is 2.06. The standard InChI is InChI=1S/2C9H13NO/c1-11-9-4-2-3-8(7-9)5-6-10;1-11-9-5-3-2-4-8(9)6-7-10/h2-4,7H,5-6,10H2,1H3;2-5H,6-7,10H2,1H3. The summed E-state index contributed by atoms with van der Waals surface area (Å²) in [6.45, 7) is 1.35. The number of benzene rings is 2. The minimum atomic E-state index is 0.667. The number of hydrogen-bond donors (Lipinski definition) is 2. The second-order valence-corrected chi connectivity index (χ2v) is 4.74. The molecule has 4 nitrogen and oxygen atoms in total. The van der Waals surface area contributed by atoms with Gasteiger partial charge in [-0.05, 0) is 55.3 Å². The highest BCUT2D eigenvalue weighted by Gasteiger charge is 1.98. The van der Waals surface area contributed by atoms with Crippen molar-refractivity contribution >= 4 is 0 Å². The van der Waals surface area contributed by atoms with Gasteiger partial charge in [0.1, 0.15) is 11.5 Å². The molecule has 0 amide bonds. The molecule has 4 heteroatoms. The lowest BCUT2D eigenvalue weighted by molar-refractivity contribution is 0.410. The molecule has 0 saturated carbocycles. The molecule has 0 bridgehead atoms. The van der Waals surface area contributed by atoms with Gasteiger partial charge >= 0.3 is 0 Å². The molecule has 0 fully saturated rings. The van der Waals surface area contributed by atoms with E-state index in [4.69, 9.17) is 20.9 Å². The molecule has 0 unspecified atom stereocenters. The quantitative estimate of drug-likeness (QED) is 0.859. The zero-order valence-electron chi connectivity index (χ0n) is 13.4. The molecule has 2 aromatic carbocycles. The fraction of sp³-hybridized carbons (Fsp3) is 0.333. The van der Waals surface area contributed by atoms with E-state index >= 15 is 0 Å². The van der Waals surface area contributed by atoms with Crippen LogP contribution in [0, 0.1) is 0 Å². The number of para-hydroxylation sites is 1. The van der Waals surface area contributed by atoms with Crippen LogP contribution in [-0.4, -0.2) is 27.3 Å². The molecule has 120 valence electrons. The summed E-state index contributed by atoms with van der Waals surface area (Å²) in [5.41, 5.74) is 13.2. The van der Waals surface area contributed by atoms with Crippen molar-refractivity contribution in [3.05, 3.63) is 59.7 Å². The smallest absolute Gasteiger partial charge is 0.122 e. The number of ether oxygens (including phenoxy) is 2. The summed E-state index contributed by atoms with van der Waals surface area (Å²) >= 11 is 0. The van der Waals surface area contributed by atoms with E-state index in [-0.39, 0.29) is 0 Å². The van der Waals surface area contributed by atoms with Gasteiger partial charge in [0.2, 0.25) is 0 Å². The average Bonchev–Trinajstić information content (AvgIpc) is 2.57. The largest absolute Gasteiger partial charge is 0.497 e. The molecular weight excluding hydrogens is 276 g/mol. The molecule has 2 aromatic rings. The summed E-state index contributed by atoms with van der Waals surface area (Å²) in [5.74, 6) is 1.83. The maximum atomic E-state index is 5.43. The van der Waals surface area contributed by atoms with Crippen molar-refractivity contribution in [2.24, 2.45) is 11.5 Å². The second kappa shape index (κ2) is 10.7. The Kier molecular flexibility index (Phi) is 8.72. The van der Waals surface area contributed by atoms with Crippen molar-refractivity contribution in [2.45, 2.75) is 12.8 Å². The molecule has 4 N–H and O–H groups in total. The van der Waals surface area contributed by atoms with Crippen molar-refractivity contribution in [1.29, 1.82) is 0 Å². The zero-order chi connectivity index (χ0) is 16.2. The topological polar surface area (TPSA) is 70.5 Å². The van der Waals surface area contributed by atoms with Gasteiger partial charge in [0.25, 0.3) is 0 Å². The predicted octanol–water partition coefficient (Wildman–Crippen LogP) is 2.39. The minimum absolute atomic E-state index is 0.667. The SMILES string of the molecule is COc1cccc(CCN)c1.COc1ccccc1CCN. The summed E-state index contributed by atoms with van der Waals surface area (Å²) in [6, 6.07) is 15.9. The third kappa shape index (κ3) is 6.16. The molecule has 2 rings (SSSR count). The van der Waals surface area contributed by atoms with Gasteiger partial charge in [-0.15, -0.1) is 0 Å². The van der Waals surface area contributed by atoms with Crippen LogP contribution in [0.3, 0.4) is 0 Å². The lowest BCUT2D eigenvalue weighted by Gasteiger charge is -2.05. The Labute approximate surface area is 133 Å². The lowest BCUT2D eigenvalue weighted by atomic mass is 10.1. The summed E-state index contributed by atoms with van der Waals surface area (Å²) < 4.78 is 10.2. The van der Waals surface area contributed by atoms with Crippen LogP contribution in [0.4, 0.5) is 0 Å². The summed E-state index contributed by atoms with van der Waals surface area (Å²) in [7, 11) is 3.34. The Morgan fingerprint density at radius 1 is 0.818 bits per heavy atom. The van der Waals surface area contributed by atoms with Gasteiger partial charge < -0.3 is 20.9 Å². The molecule has 0 saturated heterocycles. The van der Waals surface area contributed by atoms with Gasteiger partial charge in [0.15, 0.2) is 0 Å². The summed E-state index contributed by atoms with van der Waals surface area (Å²) in [5, 5.41) is 0. The Morgan fingerprint density at radius 3 is 2.18 bits per heavy atom. The van der Waals surface area contributed by atoms with Crippen molar-refractivity contribution in [3.63, 3.8) is 0 Å². The maximum absolute atomic E-state index is 5.43. The minimum Gasteiger partial charge on any atom is -0.497 e. The first kappa shape index (κ1) is 18.0. The predicted molar refractivity (Wildman–Crippen MR) is 91.5 cm³/mol. The van der Waals surface area contributed by atoms with E-state index < -0.39 is 0 Å². The number of hydrogen-bond acceptors (Lipinski definition) is 4. The van der Waals surface area contributed by atoms with Crippen molar-refractivity contribution in [1.82, 2.24) is 0 Å². The summed E-state index contributed by atoms with van der Waals surface area (Å²) in [6.07, 6.45) is 1.79. The highest BCUT2D eigenvalue weighted by Crippen LogP contribution is 2.16. The normalized spacial score (nSPS) is 9.64. The van der Waals surface area contributed by atoms with Crippen LogP contribution in [0.15, 0.2) is 48.5 Å². The monoisotopic (exact) mass is 302 g/mol. The van der Waals surface area contributed by atoms with Crippen LogP contribution in [0.5, 0.6) is 11.5 Å². The van der Waals surface area contributed by atoms with Crippen LogP contribution < -0.4 is 20.9 Å². The lowest BCUT2D eigenvalue weighted by Crippen LogP contribution is -2.03. The van der Waals surface area contributed by atoms with Gasteiger partial charge in [-0.1, -0.05) is 30.3 Å². The van der Waals surface area contributed by atoms with Crippen LogP contribution in [-0.2, 0) is 12.8 Å². The zero-order valence-corrected chi connectivity index (χ0v) is 13.4. The third-order valence-corrected chi connectivity index (χ3v) is 3.17. The van der Waals surface area contributed by atoms with E-state index in [2.05, 4.69) is 6.07 Å². The van der Waals surface area contributed by atoms with Crippen molar-refractivity contribution in [3.8, 4) is 11.5 Å². The van der Waals surface area contributed by atoms with E-state index in [0.29, 0.717) is 13.1 Å². The molecule has 22 heavy (non-hydrogen) atoms. The van der Waals surface area contributed by atoms with E-state index in [0.717, 1.165) is 24.3 Å². The highest BCUT2D eigenvalue weighted by molar-refractivity contribution is 5.33. The average molecular weight is 302 g/mol. The van der Waals surface area contributed by atoms with Gasteiger partial charge in [0.05, 0.1) is 14.2 Å². The number of rotatable bonds is 6. The van der Waals surface area contributed by atoms with Gasteiger partial charge in [0, 0.05) is 0 Å². The van der Waals surface area contributed by atoms with E-state index in [1.54, 1.807) is 14.2 Å². The molecule has 0 aromatic heterocycles. The van der Waals surface area contributed by atoms with Crippen LogP contribution in [0.25, 0.3) is 0 Å². The highest BCUT2D eigenvalue weighted by atomic mass is 16.5. The van der Waals surface area contributed by atoms with E-state index in [9.17, 15) is 0 Å². The molecule has 0 aliphatic rings. The molecule has 0 radical (unpaired) electrons. The number of methoxy groups -OCH3 is 2. The van der Waals surface area contributed by atoms with E-state index in [1.807, 2.05) is 42.5 Å². The first-order valence-electron chi connectivity index (χ1n) is 7.40. The van der Waals surface area contributed by atoms with Crippen molar-refractivity contribution < 1.29 is 9.47 Å².